The van der Waals surface area contributed by atoms with E-state index >= 15 is 0 Å². The molecule has 90 valence electrons. The van der Waals surface area contributed by atoms with E-state index in [2.05, 4.69) is 22.5 Å². The molecule has 2 nitrogen and oxygen atoms in total. The smallest absolute Gasteiger partial charge is 0.137 e. The molecule has 1 aromatic carbocycles. The van der Waals surface area contributed by atoms with Crippen LogP contribution in [0.15, 0.2) is 28.8 Å². The number of hydrogen-bond donors (Lipinski definition) is 2. The monoisotopic (exact) mass is 309 g/mol. The van der Waals surface area contributed by atoms with Crippen LogP contribution in [0.1, 0.15) is 24.9 Å². The molecule has 1 atom stereocenters. The first kappa shape index (κ1) is 15.4. The van der Waals surface area contributed by atoms with Gasteiger partial charge in [0.15, 0.2) is 0 Å². The number of aromatic hydroxyl groups is 1. The van der Waals surface area contributed by atoms with Crippen molar-refractivity contribution in [1.29, 1.82) is 0 Å². The number of nitrogens with two attached hydrogens (primary N) is 1. The van der Waals surface area contributed by atoms with Gasteiger partial charge in [0.25, 0.3) is 0 Å². The fraction of sp³-hybridized carbons (Fsp3) is 0.273. The van der Waals surface area contributed by atoms with Gasteiger partial charge in [-0.25, -0.2) is 4.39 Å². The molecule has 0 saturated heterocycles. The van der Waals surface area contributed by atoms with Crippen LogP contribution in [0, 0.1) is 5.82 Å². The first-order chi connectivity index (χ1) is 6.93. The van der Waals surface area contributed by atoms with Crippen LogP contribution in [0.5, 0.6) is 5.75 Å². The third-order valence-electron chi connectivity index (χ3n) is 2.05. The lowest BCUT2D eigenvalue weighted by Crippen LogP contribution is -2.12. The van der Waals surface area contributed by atoms with Gasteiger partial charge in [0.05, 0.1) is 4.47 Å². The van der Waals surface area contributed by atoms with E-state index < -0.39 is 11.9 Å². The van der Waals surface area contributed by atoms with Gasteiger partial charge in [-0.05, 0) is 41.4 Å². The molecule has 0 spiro atoms. The van der Waals surface area contributed by atoms with Crippen LogP contribution < -0.4 is 5.73 Å². The van der Waals surface area contributed by atoms with Crippen molar-refractivity contribution in [2.24, 2.45) is 5.73 Å². The van der Waals surface area contributed by atoms with Gasteiger partial charge in [0.1, 0.15) is 11.6 Å². The highest BCUT2D eigenvalue weighted by Gasteiger charge is 2.18. The van der Waals surface area contributed by atoms with Crippen LogP contribution >= 0.6 is 28.3 Å². The molecule has 1 aromatic rings. The molecular weight excluding hydrogens is 296 g/mol. The Kier molecular flexibility index (Phi) is 6.00. The van der Waals surface area contributed by atoms with E-state index in [1.807, 2.05) is 6.92 Å². The highest BCUT2D eigenvalue weighted by molar-refractivity contribution is 9.10. The Labute approximate surface area is 109 Å². The molecule has 0 aliphatic heterocycles. The average molecular weight is 311 g/mol. The summed E-state index contributed by atoms with van der Waals surface area (Å²) in [4.78, 5) is 0. The predicted molar refractivity (Wildman–Crippen MR) is 69.4 cm³/mol. The summed E-state index contributed by atoms with van der Waals surface area (Å²) in [5.41, 5.74) is 6.77. The van der Waals surface area contributed by atoms with Gasteiger partial charge in [-0.3, -0.25) is 0 Å². The van der Waals surface area contributed by atoms with Crippen LogP contribution in [0.25, 0.3) is 0 Å². The summed E-state index contributed by atoms with van der Waals surface area (Å²) in [6.45, 7) is 5.52. The molecule has 5 heteroatoms. The first-order valence-corrected chi connectivity index (χ1v) is 5.29. The van der Waals surface area contributed by atoms with Gasteiger partial charge < -0.3 is 10.8 Å². The Morgan fingerprint density at radius 3 is 2.69 bits per heavy atom. The third kappa shape index (κ3) is 3.47. The summed E-state index contributed by atoms with van der Waals surface area (Å²) < 4.78 is 13.9. The summed E-state index contributed by atoms with van der Waals surface area (Å²) in [5.74, 6) is -0.631. The SMILES string of the molecule is C=C(C)C[C@@H](N)c1c(F)ccc(Br)c1O.Cl. The zero-order valence-electron chi connectivity index (χ0n) is 8.84. The van der Waals surface area contributed by atoms with Gasteiger partial charge >= 0.3 is 0 Å². The van der Waals surface area contributed by atoms with Gasteiger partial charge in [-0.1, -0.05) is 5.57 Å². The molecule has 0 amide bonds. The van der Waals surface area contributed by atoms with Crippen molar-refractivity contribution in [3.05, 3.63) is 40.1 Å². The van der Waals surface area contributed by atoms with Gasteiger partial charge in [-0.15, -0.1) is 19.0 Å². The molecule has 0 fully saturated rings. The molecule has 16 heavy (non-hydrogen) atoms. The lowest BCUT2D eigenvalue weighted by Gasteiger charge is -2.15. The molecule has 1 rings (SSSR count). The molecule has 3 N–H and O–H groups in total. The largest absolute Gasteiger partial charge is 0.506 e. The van der Waals surface area contributed by atoms with Crippen LogP contribution in [0.2, 0.25) is 0 Å². The topological polar surface area (TPSA) is 46.2 Å². The Balaban J connectivity index is 0.00000225. The summed E-state index contributed by atoms with van der Waals surface area (Å²) in [7, 11) is 0. The molecule has 0 radical (unpaired) electrons. The second-order valence-electron chi connectivity index (χ2n) is 3.56. The van der Waals surface area contributed by atoms with Crippen molar-refractivity contribution < 1.29 is 9.50 Å². The average Bonchev–Trinajstić information content (AvgIpc) is 2.11. The second kappa shape index (κ2) is 6.23. The minimum absolute atomic E-state index is 0. The number of hydrogen-bond acceptors (Lipinski definition) is 2. The zero-order valence-corrected chi connectivity index (χ0v) is 11.2. The normalized spacial score (nSPS) is 11.8. The number of phenols is 1. The molecule has 0 heterocycles. The van der Waals surface area contributed by atoms with Gasteiger partial charge in [0, 0.05) is 11.6 Å². The quantitative estimate of drug-likeness (QED) is 0.837. The number of rotatable bonds is 3. The molecule has 0 saturated carbocycles. The van der Waals surface area contributed by atoms with E-state index in [-0.39, 0.29) is 23.7 Å². The maximum absolute atomic E-state index is 13.4. The van der Waals surface area contributed by atoms with Crippen molar-refractivity contribution in [2.45, 2.75) is 19.4 Å². The Hall–Kier alpha value is -0.580. The van der Waals surface area contributed by atoms with Crippen LogP contribution in [-0.4, -0.2) is 5.11 Å². The van der Waals surface area contributed by atoms with E-state index in [1.54, 1.807) is 0 Å². The third-order valence-corrected chi connectivity index (χ3v) is 2.69. The highest BCUT2D eigenvalue weighted by atomic mass is 79.9. The molecule has 0 unspecified atom stereocenters. The van der Waals surface area contributed by atoms with E-state index in [9.17, 15) is 9.50 Å². The fourth-order valence-corrected chi connectivity index (χ4v) is 1.73. The van der Waals surface area contributed by atoms with E-state index in [0.29, 0.717) is 10.9 Å². The second-order valence-corrected chi connectivity index (χ2v) is 4.41. The zero-order chi connectivity index (χ0) is 11.6. The van der Waals surface area contributed by atoms with E-state index in [0.717, 1.165) is 5.57 Å². The Morgan fingerprint density at radius 1 is 1.62 bits per heavy atom. The molecule has 0 aliphatic rings. The summed E-state index contributed by atoms with van der Waals surface area (Å²) >= 11 is 3.12. The minimum atomic E-state index is -0.569. The van der Waals surface area contributed by atoms with Gasteiger partial charge in [-0.2, -0.15) is 0 Å². The molecule has 0 aliphatic carbocycles. The predicted octanol–water partition coefficient (Wildman–Crippen LogP) is 3.68. The standard InChI is InChI=1S/C11H13BrFNO.ClH/c1-6(2)5-9(14)10-8(13)4-3-7(12)11(10)15;/h3-4,9,15H,1,5,14H2,2H3;1H/t9-;/m1./s1. The van der Waals surface area contributed by atoms with E-state index in [4.69, 9.17) is 5.73 Å². The summed E-state index contributed by atoms with van der Waals surface area (Å²) in [6, 6.07) is 2.15. The molecule has 0 aromatic heterocycles. The lowest BCUT2D eigenvalue weighted by molar-refractivity contribution is 0.445. The summed E-state index contributed by atoms with van der Waals surface area (Å²) in [5, 5.41) is 9.67. The maximum Gasteiger partial charge on any atom is 0.137 e. The highest BCUT2D eigenvalue weighted by Crippen LogP contribution is 2.34. The maximum atomic E-state index is 13.4. The van der Waals surface area contributed by atoms with E-state index in [1.165, 1.54) is 12.1 Å². The Morgan fingerprint density at radius 2 is 2.19 bits per heavy atom. The minimum Gasteiger partial charge on any atom is -0.506 e. The van der Waals surface area contributed by atoms with Crippen molar-refractivity contribution in [3.8, 4) is 5.75 Å². The number of halogens is 3. The van der Waals surface area contributed by atoms with Crippen LogP contribution in [0.3, 0.4) is 0 Å². The van der Waals surface area contributed by atoms with Crippen LogP contribution in [0.4, 0.5) is 4.39 Å². The van der Waals surface area contributed by atoms with Crippen molar-refractivity contribution in [1.82, 2.24) is 0 Å². The van der Waals surface area contributed by atoms with Gasteiger partial charge in [0.2, 0.25) is 0 Å². The van der Waals surface area contributed by atoms with Crippen molar-refractivity contribution in [3.63, 3.8) is 0 Å². The molecular formula is C11H14BrClFNO. The first-order valence-electron chi connectivity index (χ1n) is 4.50. The number of benzene rings is 1. The summed E-state index contributed by atoms with van der Waals surface area (Å²) in [6.07, 6.45) is 0.445. The number of phenolic OH excluding ortho intramolecular Hbond substituents is 1. The molecule has 0 bridgehead atoms. The Bertz CT molecular complexity index is 398. The lowest BCUT2D eigenvalue weighted by atomic mass is 10.00. The van der Waals surface area contributed by atoms with Crippen molar-refractivity contribution in [2.75, 3.05) is 0 Å². The van der Waals surface area contributed by atoms with Crippen molar-refractivity contribution >= 4 is 28.3 Å². The fourth-order valence-electron chi connectivity index (χ4n) is 1.39. The van der Waals surface area contributed by atoms with Crippen LogP contribution in [-0.2, 0) is 0 Å².